The van der Waals surface area contributed by atoms with Crippen LogP contribution in [0.3, 0.4) is 0 Å². The molecule has 5 heteroatoms. The number of benzene rings is 1. The number of ether oxygens (including phenoxy) is 1. The second-order valence-electron chi connectivity index (χ2n) is 6.68. The van der Waals surface area contributed by atoms with Gasteiger partial charge in [-0.15, -0.1) is 0 Å². The first-order valence-electron chi connectivity index (χ1n) is 9.77. The largest absolute Gasteiger partial charge is 0.462 e. The highest BCUT2D eigenvalue weighted by atomic mass is 16.5. The van der Waals surface area contributed by atoms with Gasteiger partial charge in [-0.05, 0) is 63.3 Å². The van der Waals surface area contributed by atoms with Gasteiger partial charge in [-0.2, -0.15) is 0 Å². The number of carbonyl (C=O) groups is 1. The molecule has 0 bridgehead atoms. The summed E-state index contributed by atoms with van der Waals surface area (Å²) in [6.07, 6.45) is 11.8. The predicted octanol–water partition coefficient (Wildman–Crippen LogP) is 5.18. The summed E-state index contributed by atoms with van der Waals surface area (Å²) in [5.41, 5.74) is 3.58. The number of esters is 1. The molecule has 0 heterocycles. The first-order chi connectivity index (χ1) is 13.2. The van der Waals surface area contributed by atoms with E-state index in [1.54, 1.807) is 6.20 Å². The fourth-order valence-electron chi connectivity index (χ4n) is 3.23. The van der Waals surface area contributed by atoms with Crippen molar-refractivity contribution in [2.45, 2.75) is 52.0 Å². The van der Waals surface area contributed by atoms with E-state index < -0.39 is 0 Å². The Hall–Kier alpha value is -2.56. The minimum atomic E-state index is -0.299. The second kappa shape index (κ2) is 11.2. The molecule has 0 amide bonds. The molecule has 1 fully saturated rings. The summed E-state index contributed by atoms with van der Waals surface area (Å²) in [7, 11) is 0. The van der Waals surface area contributed by atoms with Crippen LogP contribution in [0.4, 0.5) is 11.4 Å². The fourth-order valence-corrected chi connectivity index (χ4v) is 3.23. The third kappa shape index (κ3) is 6.59. The first kappa shape index (κ1) is 20.7. The van der Waals surface area contributed by atoms with E-state index in [9.17, 15) is 4.79 Å². The summed E-state index contributed by atoms with van der Waals surface area (Å²) in [5, 5.41) is 7.10. The Morgan fingerprint density at radius 1 is 1.30 bits per heavy atom. The van der Waals surface area contributed by atoms with E-state index in [4.69, 9.17) is 4.74 Å². The summed E-state index contributed by atoms with van der Waals surface area (Å²) < 4.78 is 5.14. The van der Waals surface area contributed by atoms with Crippen LogP contribution in [0, 0.1) is 0 Å². The highest BCUT2D eigenvalue weighted by molar-refractivity contribution is 5.92. The van der Waals surface area contributed by atoms with Gasteiger partial charge in [-0.25, -0.2) is 4.79 Å². The SMILES string of the molecule is C=N/C=C\C(=C/C)CNc1cc(C(=O)OCC)ccc1NC1CCCCC1. The van der Waals surface area contributed by atoms with Crippen LogP contribution in [0.2, 0.25) is 0 Å². The quantitative estimate of drug-likeness (QED) is 0.358. The minimum Gasteiger partial charge on any atom is -0.462 e. The molecule has 5 nitrogen and oxygen atoms in total. The molecule has 0 unspecified atom stereocenters. The van der Waals surface area contributed by atoms with Gasteiger partial charge in [0, 0.05) is 18.8 Å². The van der Waals surface area contributed by atoms with Gasteiger partial charge in [0.1, 0.15) is 0 Å². The van der Waals surface area contributed by atoms with Gasteiger partial charge in [0.2, 0.25) is 0 Å². The van der Waals surface area contributed by atoms with Crippen molar-refractivity contribution in [2.75, 3.05) is 23.8 Å². The Balaban J connectivity index is 2.19. The van der Waals surface area contributed by atoms with E-state index in [1.807, 2.05) is 44.2 Å². The Kier molecular flexibility index (Phi) is 8.62. The molecular formula is C22H31N3O2. The number of carbonyl (C=O) groups excluding carboxylic acids is 1. The van der Waals surface area contributed by atoms with Crippen LogP contribution in [-0.4, -0.2) is 31.9 Å². The highest BCUT2D eigenvalue weighted by Crippen LogP contribution is 2.28. The van der Waals surface area contributed by atoms with Crippen LogP contribution < -0.4 is 10.6 Å². The van der Waals surface area contributed by atoms with Crippen LogP contribution in [0.1, 0.15) is 56.3 Å². The molecule has 0 aromatic heterocycles. The van der Waals surface area contributed by atoms with E-state index >= 15 is 0 Å². The molecule has 0 radical (unpaired) electrons. The topological polar surface area (TPSA) is 62.7 Å². The number of allylic oxidation sites excluding steroid dienone is 1. The minimum absolute atomic E-state index is 0.299. The molecule has 1 saturated carbocycles. The van der Waals surface area contributed by atoms with Crippen molar-refractivity contribution in [3.63, 3.8) is 0 Å². The van der Waals surface area contributed by atoms with Crippen molar-refractivity contribution in [2.24, 2.45) is 4.99 Å². The van der Waals surface area contributed by atoms with E-state index in [1.165, 1.54) is 32.1 Å². The maximum absolute atomic E-state index is 12.1. The van der Waals surface area contributed by atoms with Crippen LogP contribution in [-0.2, 0) is 4.74 Å². The third-order valence-electron chi connectivity index (χ3n) is 4.74. The summed E-state index contributed by atoms with van der Waals surface area (Å²) in [5.74, 6) is -0.299. The number of anilines is 2. The van der Waals surface area contributed by atoms with Gasteiger partial charge >= 0.3 is 5.97 Å². The third-order valence-corrected chi connectivity index (χ3v) is 4.74. The lowest BCUT2D eigenvalue weighted by molar-refractivity contribution is 0.0526. The van der Waals surface area contributed by atoms with E-state index in [-0.39, 0.29) is 5.97 Å². The summed E-state index contributed by atoms with van der Waals surface area (Å²) >= 11 is 0. The van der Waals surface area contributed by atoms with Crippen molar-refractivity contribution in [1.29, 1.82) is 0 Å². The summed E-state index contributed by atoms with van der Waals surface area (Å²) in [4.78, 5) is 15.9. The van der Waals surface area contributed by atoms with Crippen molar-refractivity contribution >= 4 is 24.1 Å². The monoisotopic (exact) mass is 369 g/mol. The zero-order valence-corrected chi connectivity index (χ0v) is 16.5. The van der Waals surface area contributed by atoms with Gasteiger partial charge in [0.15, 0.2) is 0 Å². The molecule has 2 rings (SSSR count). The molecule has 2 N–H and O–H groups in total. The van der Waals surface area contributed by atoms with E-state index in [2.05, 4.69) is 22.3 Å². The molecular weight excluding hydrogens is 338 g/mol. The molecule has 146 valence electrons. The Morgan fingerprint density at radius 3 is 2.74 bits per heavy atom. The molecule has 1 aliphatic carbocycles. The zero-order valence-electron chi connectivity index (χ0n) is 16.5. The Morgan fingerprint density at radius 2 is 2.07 bits per heavy atom. The lowest BCUT2D eigenvalue weighted by Gasteiger charge is -2.25. The van der Waals surface area contributed by atoms with Crippen molar-refractivity contribution in [3.8, 4) is 0 Å². The van der Waals surface area contributed by atoms with Gasteiger partial charge in [0.25, 0.3) is 0 Å². The Labute approximate surface area is 162 Å². The fraction of sp³-hybridized carbons (Fsp3) is 0.455. The maximum atomic E-state index is 12.1. The second-order valence-corrected chi connectivity index (χ2v) is 6.68. The number of nitrogens with zero attached hydrogens (tertiary/aromatic N) is 1. The normalized spacial score (nSPS) is 15.6. The average molecular weight is 370 g/mol. The molecule has 1 aromatic carbocycles. The molecule has 0 aliphatic heterocycles. The van der Waals surface area contributed by atoms with E-state index in [0.29, 0.717) is 24.8 Å². The number of hydrogen-bond acceptors (Lipinski definition) is 5. The molecule has 27 heavy (non-hydrogen) atoms. The standard InChI is InChI=1S/C22H31N3O2/c1-4-17(13-14-23-3)16-24-21-15-18(22(26)27-5-2)11-12-20(21)25-19-9-7-6-8-10-19/h4,11-15,19,24-25H,3,5-10,16H2,1-2H3/b14-13-,17-4+. The van der Waals surface area contributed by atoms with Gasteiger partial charge < -0.3 is 15.4 Å². The van der Waals surface area contributed by atoms with Crippen molar-refractivity contribution in [1.82, 2.24) is 0 Å². The predicted molar refractivity (Wildman–Crippen MR) is 114 cm³/mol. The van der Waals surface area contributed by atoms with Crippen LogP contribution in [0.15, 0.2) is 47.1 Å². The maximum Gasteiger partial charge on any atom is 0.338 e. The zero-order chi connectivity index (χ0) is 19.5. The molecule has 1 aromatic rings. The van der Waals surface area contributed by atoms with Gasteiger partial charge in [-0.3, -0.25) is 4.99 Å². The number of nitrogens with one attached hydrogen (secondary N) is 2. The van der Waals surface area contributed by atoms with Gasteiger partial charge in [0.05, 0.1) is 23.5 Å². The van der Waals surface area contributed by atoms with Crippen molar-refractivity contribution in [3.05, 3.63) is 47.7 Å². The Bertz CT molecular complexity index is 689. The molecule has 1 aliphatic rings. The first-order valence-corrected chi connectivity index (χ1v) is 9.77. The highest BCUT2D eigenvalue weighted by Gasteiger charge is 2.16. The summed E-state index contributed by atoms with van der Waals surface area (Å²) in [6, 6.07) is 6.15. The van der Waals surface area contributed by atoms with Crippen LogP contribution in [0.25, 0.3) is 0 Å². The van der Waals surface area contributed by atoms with Crippen LogP contribution in [0.5, 0.6) is 0 Å². The smallest absolute Gasteiger partial charge is 0.338 e. The van der Waals surface area contributed by atoms with Gasteiger partial charge in [-0.1, -0.05) is 25.3 Å². The lowest BCUT2D eigenvalue weighted by Crippen LogP contribution is -2.23. The molecule has 0 atom stereocenters. The molecule has 0 spiro atoms. The number of aliphatic imine (C=N–C) groups is 1. The van der Waals surface area contributed by atoms with Crippen LogP contribution >= 0.6 is 0 Å². The number of hydrogen-bond donors (Lipinski definition) is 2. The molecule has 0 saturated heterocycles. The van der Waals surface area contributed by atoms with Crippen molar-refractivity contribution < 1.29 is 9.53 Å². The van der Waals surface area contributed by atoms with E-state index in [0.717, 1.165) is 16.9 Å². The summed E-state index contributed by atoms with van der Waals surface area (Å²) in [6.45, 7) is 8.27. The number of rotatable bonds is 9. The lowest BCUT2D eigenvalue weighted by atomic mass is 9.95. The average Bonchev–Trinajstić information content (AvgIpc) is 2.70.